The van der Waals surface area contributed by atoms with Crippen LogP contribution < -0.4 is 11.3 Å². The van der Waals surface area contributed by atoms with Crippen molar-refractivity contribution in [2.75, 3.05) is 0 Å². The molecule has 0 spiro atoms. The number of nitrogens with zero attached hydrogens (tertiary/aromatic N) is 1. The summed E-state index contributed by atoms with van der Waals surface area (Å²) in [5.74, 6) is 5.78. The third-order valence-corrected chi connectivity index (χ3v) is 4.39. The number of benzene rings is 1. The average molecular weight is 281 g/mol. The van der Waals surface area contributed by atoms with Gasteiger partial charge in [0.15, 0.2) is 0 Å². The van der Waals surface area contributed by atoms with E-state index in [0.29, 0.717) is 0 Å². The van der Waals surface area contributed by atoms with E-state index in [-0.39, 0.29) is 6.04 Å². The minimum absolute atomic E-state index is 0.0602. The van der Waals surface area contributed by atoms with E-state index in [2.05, 4.69) is 48.5 Å². The summed E-state index contributed by atoms with van der Waals surface area (Å²) in [4.78, 5) is 4.58. The molecule has 0 fully saturated rings. The molecule has 1 aliphatic carbocycles. The molecule has 1 heterocycles. The van der Waals surface area contributed by atoms with Crippen molar-refractivity contribution in [3.63, 3.8) is 0 Å². The molecule has 1 aromatic heterocycles. The van der Waals surface area contributed by atoms with E-state index in [9.17, 15) is 0 Å². The van der Waals surface area contributed by atoms with Gasteiger partial charge >= 0.3 is 0 Å². The van der Waals surface area contributed by atoms with E-state index >= 15 is 0 Å². The van der Waals surface area contributed by atoms with Crippen LogP contribution in [0.5, 0.6) is 0 Å². The molecule has 3 N–H and O–H groups in total. The second-order valence-electron chi connectivity index (χ2n) is 6.09. The Kier molecular flexibility index (Phi) is 4.04. The smallest absolute Gasteiger partial charge is 0.0675 e. The highest BCUT2D eigenvalue weighted by atomic mass is 15.2. The van der Waals surface area contributed by atoms with Gasteiger partial charge in [-0.1, -0.05) is 24.3 Å². The Bertz CT molecular complexity index is 649. The number of pyridine rings is 1. The predicted octanol–water partition coefficient (Wildman–Crippen LogP) is 2.93. The molecule has 110 valence electrons. The molecule has 0 saturated carbocycles. The fraction of sp³-hybridized carbons (Fsp3) is 0.389. The highest BCUT2D eigenvalue weighted by Crippen LogP contribution is 2.26. The molecule has 2 aromatic rings. The SMILES string of the molecule is Cc1cnc(C(Cc2ccc3c(c2)CCC3)NN)c(C)c1. The lowest BCUT2D eigenvalue weighted by Gasteiger charge is -2.18. The second kappa shape index (κ2) is 5.96. The van der Waals surface area contributed by atoms with Crippen molar-refractivity contribution in [2.45, 2.75) is 45.6 Å². The summed E-state index contributed by atoms with van der Waals surface area (Å²) in [5, 5.41) is 0. The summed E-state index contributed by atoms with van der Waals surface area (Å²) in [6, 6.07) is 9.08. The normalized spacial score (nSPS) is 15.0. The first-order valence-electron chi connectivity index (χ1n) is 7.67. The molecule has 1 unspecified atom stereocenters. The number of hydrogen-bond acceptors (Lipinski definition) is 3. The summed E-state index contributed by atoms with van der Waals surface area (Å²) in [5.41, 5.74) is 10.7. The molecule has 3 nitrogen and oxygen atoms in total. The molecule has 3 rings (SSSR count). The highest BCUT2D eigenvalue weighted by Gasteiger charge is 2.17. The van der Waals surface area contributed by atoms with Gasteiger partial charge in [0.2, 0.25) is 0 Å². The third-order valence-electron chi connectivity index (χ3n) is 4.39. The van der Waals surface area contributed by atoms with E-state index in [4.69, 9.17) is 5.84 Å². The van der Waals surface area contributed by atoms with E-state index in [1.54, 1.807) is 0 Å². The van der Waals surface area contributed by atoms with Crippen LogP contribution in [0.4, 0.5) is 0 Å². The Hall–Kier alpha value is -1.71. The summed E-state index contributed by atoms with van der Waals surface area (Å²) in [6.45, 7) is 4.16. The minimum atomic E-state index is 0.0602. The zero-order chi connectivity index (χ0) is 14.8. The van der Waals surface area contributed by atoms with E-state index < -0.39 is 0 Å². The Morgan fingerprint density at radius 2 is 2.00 bits per heavy atom. The van der Waals surface area contributed by atoms with Crippen LogP contribution in [0.2, 0.25) is 0 Å². The number of fused-ring (bicyclic) bond motifs is 1. The van der Waals surface area contributed by atoms with Gasteiger partial charge in [-0.3, -0.25) is 16.3 Å². The largest absolute Gasteiger partial charge is 0.271 e. The van der Waals surface area contributed by atoms with Gasteiger partial charge in [-0.15, -0.1) is 0 Å². The van der Waals surface area contributed by atoms with Crippen LogP contribution in [0.1, 0.15) is 46.0 Å². The van der Waals surface area contributed by atoms with Gasteiger partial charge in [-0.05, 0) is 67.3 Å². The number of nitrogens with two attached hydrogens (primary N) is 1. The molecule has 0 saturated heterocycles. The molecule has 1 atom stereocenters. The first-order valence-corrected chi connectivity index (χ1v) is 7.67. The van der Waals surface area contributed by atoms with Crippen LogP contribution in [0.25, 0.3) is 0 Å². The maximum Gasteiger partial charge on any atom is 0.0675 e. The Morgan fingerprint density at radius 3 is 2.76 bits per heavy atom. The number of hydrogen-bond donors (Lipinski definition) is 2. The van der Waals surface area contributed by atoms with Gasteiger partial charge in [0, 0.05) is 6.20 Å². The van der Waals surface area contributed by atoms with Crippen molar-refractivity contribution in [3.05, 3.63) is 64.0 Å². The summed E-state index contributed by atoms with van der Waals surface area (Å²) >= 11 is 0. The van der Waals surface area contributed by atoms with Crippen molar-refractivity contribution < 1.29 is 0 Å². The lowest BCUT2D eigenvalue weighted by molar-refractivity contribution is 0.535. The quantitative estimate of drug-likeness (QED) is 0.669. The van der Waals surface area contributed by atoms with Crippen LogP contribution in [0.3, 0.4) is 0 Å². The summed E-state index contributed by atoms with van der Waals surface area (Å²) in [7, 11) is 0. The Balaban J connectivity index is 1.84. The number of nitrogens with one attached hydrogen (secondary N) is 1. The number of rotatable bonds is 4. The van der Waals surface area contributed by atoms with Crippen molar-refractivity contribution in [3.8, 4) is 0 Å². The van der Waals surface area contributed by atoms with Gasteiger partial charge in [0.1, 0.15) is 0 Å². The van der Waals surface area contributed by atoms with Crippen molar-refractivity contribution in [1.29, 1.82) is 0 Å². The molecule has 0 aliphatic heterocycles. The molecule has 3 heteroatoms. The van der Waals surface area contributed by atoms with Gasteiger partial charge in [0.25, 0.3) is 0 Å². The average Bonchev–Trinajstić information content (AvgIpc) is 2.93. The summed E-state index contributed by atoms with van der Waals surface area (Å²) in [6.07, 6.45) is 6.52. The van der Waals surface area contributed by atoms with Crippen LogP contribution in [0.15, 0.2) is 30.5 Å². The minimum Gasteiger partial charge on any atom is -0.271 e. The van der Waals surface area contributed by atoms with Crippen molar-refractivity contribution >= 4 is 0 Å². The Labute approximate surface area is 126 Å². The Morgan fingerprint density at radius 1 is 1.19 bits per heavy atom. The number of hydrazine groups is 1. The molecule has 0 amide bonds. The third kappa shape index (κ3) is 2.99. The van der Waals surface area contributed by atoms with Crippen LogP contribution in [-0.4, -0.2) is 4.98 Å². The number of aryl methyl sites for hydroxylation is 4. The van der Waals surface area contributed by atoms with Crippen LogP contribution >= 0.6 is 0 Å². The molecule has 1 aromatic carbocycles. The van der Waals surface area contributed by atoms with Gasteiger partial charge < -0.3 is 0 Å². The van der Waals surface area contributed by atoms with E-state index in [0.717, 1.165) is 12.1 Å². The van der Waals surface area contributed by atoms with Gasteiger partial charge in [-0.2, -0.15) is 0 Å². The molecule has 21 heavy (non-hydrogen) atoms. The highest BCUT2D eigenvalue weighted by molar-refractivity contribution is 5.36. The first kappa shape index (κ1) is 14.2. The van der Waals surface area contributed by atoms with Crippen molar-refractivity contribution in [1.82, 2.24) is 10.4 Å². The second-order valence-corrected chi connectivity index (χ2v) is 6.09. The molecular weight excluding hydrogens is 258 g/mol. The fourth-order valence-corrected chi connectivity index (χ4v) is 3.31. The van der Waals surface area contributed by atoms with Gasteiger partial charge in [0.05, 0.1) is 11.7 Å². The molecular formula is C18H23N3. The standard InChI is InChI=1S/C18H23N3/c1-12-8-13(2)18(20-11-12)17(21-19)10-14-6-7-15-4-3-5-16(15)9-14/h6-9,11,17,21H,3-5,10,19H2,1-2H3. The number of aromatic nitrogens is 1. The lowest BCUT2D eigenvalue weighted by atomic mass is 9.97. The predicted molar refractivity (Wildman–Crippen MR) is 85.9 cm³/mol. The molecule has 0 bridgehead atoms. The maximum atomic E-state index is 5.78. The molecule has 0 radical (unpaired) electrons. The zero-order valence-corrected chi connectivity index (χ0v) is 12.8. The first-order chi connectivity index (χ1) is 10.2. The zero-order valence-electron chi connectivity index (χ0n) is 12.8. The monoisotopic (exact) mass is 281 g/mol. The van der Waals surface area contributed by atoms with E-state index in [1.807, 2.05) is 6.20 Å². The molecule has 1 aliphatic rings. The van der Waals surface area contributed by atoms with Crippen LogP contribution in [-0.2, 0) is 19.3 Å². The van der Waals surface area contributed by atoms with E-state index in [1.165, 1.54) is 47.1 Å². The fourth-order valence-electron chi connectivity index (χ4n) is 3.31. The summed E-state index contributed by atoms with van der Waals surface area (Å²) < 4.78 is 0. The van der Waals surface area contributed by atoms with Crippen molar-refractivity contribution in [2.24, 2.45) is 5.84 Å². The topological polar surface area (TPSA) is 50.9 Å². The maximum absolute atomic E-state index is 5.78. The van der Waals surface area contributed by atoms with Crippen LogP contribution in [0, 0.1) is 13.8 Å². The van der Waals surface area contributed by atoms with Gasteiger partial charge in [-0.25, -0.2) is 0 Å². The lowest BCUT2D eigenvalue weighted by Crippen LogP contribution is -2.31.